The third-order valence-corrected chi connectivity index (χ3v) is 3.20. The van der Waals surface area contributed by atoms with Crippen LogP contribution in [0.1, 0.15) is 22.3 Å². The van der Waals surface area contributed by atoms with Crippen LogP contribution in [0.4, 0.5) is 5.13 Å². The largest absolute Gasteiger partial charge is 0.508 e. The summed E-state index contributed by atoms with van der Waals surface area (Å²) >= 11 is 1.28. The topological polar surface area (TPSA) is 95.3 Å². The van der Waals surface area contributed by atoms with Crippen molar-refractivity contribution in [3.05, 3.63) is 28.8 Å². The van der Waals surface area contributed by atoms with Gasteiger partial charge in [-0.05, 0) is 18.6 Å². The first-order valence-electron chi connectivity index (χ1n) is 5.26. The van der Waals surface area contributed by atoms with Gasteiger partial charge in [0, 0.05) is 6.07 Å². The third kappa shape index (κ3) is 2.57. The van der Waals surface area contributed by atoms with Gasteiger partial charge in [0.1, 0.15) is 16.5 Å². The number of rotatable bonds is 3. The molecule has 0 bridgehead atoms. The Balaban J connectivity index is 2.16. The molecule has 1 aromatic carbocycles. The molecule has 0 atom stereocenters. The summed E-state index contributed by atoms with van der Waals surface area (Å²) < 4.78 is 0. The van der Waals surface area contributed by atoms with Gasteiger partial charge in [-0.15, -0.1) is 10.2 Å². The number of aromatic hydroxyl groups is 2. The molecule has 3 N–H and O–H groups in total. The van der Waals surface area contributed by atoms with E-state index in [2.05, 4.69) is 15.5 Å². The highest BCUT2D eigenvalue weighted by molar-refractivity contribution is 7.15. The van der Waals surface area contributed by atoms with Crippen molar-refractivity contribution >= 4 is 22.4 Å². The van der Waals surface area contributed by atoms with Gasteiger partial charge in [-0.2, -0.15) is 0 Å². The van der Waals surface area contributed by atoms with E-state index in [1.807, 2.05) is 6.92 Å². The van der Waals surface area contributed by atoms with Crippen molar-refractivity contribution in [1.82, 2.24) is 10.2 Å². The molecule has 0 radical (unpaired) electrons. The summed E-state index contributed by atoms with van der Waals surface area (Å²) in [6.45, 7) is 1.94. The van der Waals surface area contributed by atoms with E-state index in [0.717, 1.165) is 17.5 Å². The van der Waals surface area contributed by atoms with Crippen molar-refractivity contribution in [2.45, 2.75) is 13.3 Å². The van der Waals surface area contributed by atoms with Gasteiger partial charge in [0.05, 0.1) is 5.56 Å². The molecule has 0 saturated carbocycles. The molecule has 1 amide bonds. The number of benzene rings is 1. The van der Waals surface area contributed by atoms with Crippen LogP contribution in [0.25, 0.3) is 0 Å². The quantitative estimate of drug-likeness (QED) is 0.786. The molecular formula is C11H11N3O3S. The Kier molecular flexibility index (Phi) is 3.42. The van der Waals surface area contributed by atoms with E-state index < -0.39 is 5.91 Å². The molecule has 7 heteroatoms. The van der Waals surface area contributed by atoms with Crippen LogP contribution in [0.3, 0.4) is 0 Å². The minimum Gasteiger partial charge on any atom is -0.508 e. The lowest BCUT2D eigenvalue weighted by Gasteiger charge is -2.03. The zero-order valence-electron chi connectivity index (χ0n) is 9.54. The number of anilines is 1. The second-order valence-corrected chi connectivity index (χ2v) is 4.57. The lowest BCUT2D eigenvalue weighted by Crippen LogP contribution is -2.11. The molecule has 6 nitrogen and oxygen atoms in total. The van der Waals surface area contributed by atoms with Gasteiger partial charge >= 0.3 is 0 Å². The molecule has 0 aliphatic heterocycles. The Hall–Kier alpha value is -2.15. The fourth-order valence-corrected chi connectivity index (χ4v) is 2.00. The number of carbonyl (C=O) groups is 1. The first-order valence-corrected chi connectivity index (χ1v) is 6.07. The summed E-state index contributed by atoms with van der Waals surface area (Å²) in [4.78, 5) is 11.8. The highest BCUT2D eigenvalue weighted by Crippen LogP contribution is 2.24. The van der Waals surface area contributed by atoms with E-state index in [4.69, 9.17) is 5.11 Å². The van der Waals surface area contributed by atoms with Crippen molar-refractivity contribution in [3.63, 3.8) is 0 Å². The van der Waals surface area contributed by atoms with Crippen molar-refractivity contribution in [1.29, 1.82) is 0 Å². The molecule has 0 spiro atoms. The summed E-state index contributed by atoms with van der Waals surface area (Å²) in [5.41, 5.74) is 0.0704. The molecule has 0 fully saturated rings. The molecule has 0 saturated heterocycles. The van der Waals surface area contributed by atoms with E-state index in [1.165, 1.54) is 23.5 Å². The summed E-state index contributed by atoms with van der Waals surface area (Å²) in [5.74, 6) is -0.882. The lowest BCUT2D eigenvalue weighted by atomic mass is 10.2. The van der Waals surface area contributed by atoms with Crippen LogP contribution in [0, 0.1) is 0 Å². The number of nitrogens with zero attached hydrogens (tertiary/aromatic N) is 2. The minimum atomic E-state index is -0.494. The molecule has 18 heavy (non-hydrogen) atoms. The highest BCUT2D eigenvalue weighted by atomic mass is 32.1. The maximum atomic E-state index is 11.8. The number of aromatic nitrogens is 2. The maximum Gasteiger partial charge on any atom is 0.261 e. The van der Waals surface area contributed by atoms with Crippen molar-refractivity contribution < 1.29 is 15.0 Å². The highest BCUT2D eigenvalue weighted by Gasteiger charge is 2.13. The normalized spacial score (nSPS) is 10.3. The molecule has 2 aromatic rings. The molecule has 1 aromatic heterocycles. The van der Waals surface area contributed by atoms with E-state index in [0.29, 0.717) is 5.13 Å². The van der Waals surface area contributed by atoms with Crippen molar-refractivity contribution in [2.24, 2.45) is 0 Å². The number of hydrogen-bond donors (Lipinski definition) is 3. The second-order valence-electron chi connectivity index (χ2n) is 3.51. The average Bonchev–Trinajstić information content (AvgIpc) is 2.76. The predicted molar refractivity (Wildman–Crippen MR) is 67.0 cm³/mol. The number of carbonyl (C=O) groups excluding carboxylic acids is 1. The maximum absolute atomic E-state index is 11.8. The second kappa shape index (κ2) is 5.01. The number of hydrogen-bond acceptors (Lipinski definition) is 6. The summed E-state index contributed by atoms with van der Waals surface area (Å²) in [6.07, 6.45) is 0.748. The number of amides is 1. The number of aryl methyl sites for hydroxylation is 1. The van der Waals surface area contributed by atoms with Crippen LogP contribution < -0.4 is 5.32 Å². The SMILES string of the molecule is CCc1nnc(NC(=O)c2ccc(O)cc2O)s1. The third-order valence-electron chi connectivity index (χ3n) is 2.22. The molecule has 0 aliphatic carbocycles. The van der Waals surface area contributed by atoms with Gasteiger partial charge in [-0.3, -0.25) is 10.1 Å². The summed E-state index contributed by atoms with van der Waals surface area (Å²) in [5, 5.41) is 30.1. The molecule has 0 aliphatic rings. The Morgan fingerprint density at radius 1 is 1.39 bits per heavy atom. The molecule has 0 unspecified atom stereocenters. The average molecular weight is 265 g/mol. The van der Waals surface area contributed by atoms with Crippen LogP contribution in [-0.2, 0) is 6.42 Å². The molecule has 2 rings (SSSR count). The minimum absolute atomic E-state index is 0.0704. The molecule has 1 heterocycles. The monoisotopic (exact) mass is 265 g/mol. The van der Waals surface area contributed by atoms with Gasteiger partial charge < -0.3 is 10.2 Å². The fourth-order valence-electron chi connectivity index (χ4n) is 1.32. The van der Waals surface area contributed by atoms with Crippen LogP contribution in [0.5, 0.6) is 11.5 Å². The fraction of sp³-hybridized carbons (Fsp3) is 0.182. The van der Waals surface area contributed by atoms with E-state index in [9.17, 15) is 9.90 Å². The zero-order chi connectivity index (χ0) is 13.1. The van der Waals surface area contributed by atoms with Crippen LogP contribution >= 0.6 is 11.3 Å². The Bertz CT molecular complexity index is 583. The van der Waals surface area contributed by atoms with Crippen LogP contribution in [0.2, 0.25) is 0 Å². The lowest BCUT2D eigenvalue weighted by molar-refractivity contribution is 0.102. The van der Waals surface area contributed by atoms with Gasteiger partial charge in [-0.1, -0.05) is 18.3 Å². The van der Waals surface area contributed by atoms with E-state index >= 15 is 0 Å². The Morgan fingerprint density at radius 2 is 2.17 bits per heavy atom. The number of nitrogens with one attached hydrogen (secondary N) is 1. The van der Waals surface area contributed by atoms with Gasteiger partial charge in [0.2, 0.25) is 5.13 Å². The summed E-state index contributed by atoms with van der Waals surface area (Å²) in [6, 6.07) is 3.76. The van der Waals surface area contributed by atoms with Crippen molar-refractivity contribution in [2.75, 3.05) is 5.32 Å². The molecule has 94 valence electrons. The number of phenolic OH excluding ortho intramolecular Hbond substituents is 2. The van der Waals surface area contributed by atoms with Crippen molar-refractivity contribution in [3.8, 4) is 11.5 Å². The van der Waals surface area contributed by atoms with E-state index in [1.54, 1.807) is 0 Å². The number of phenols is 2. The first-order chi connectivity index (χ1) is 8.60. The Labute approximate surface area is 107 Å². The van der Waals surface area contributed by atoms with Crippen LogP contribution in [0.15, 0.2) is 18.2 Å². The van der Waals surface area contributed by atoms with Gasteiger partial charge in [0.15, 0.2) is 0 Å². The Morgan fingerprint density at radius 3 is 2.78 bits per heavy atom. The van der Waals surface area contributed by atoms with Gasteiger partial charge in [0.25, 0.3) is 5.91 Å². The standard InChI is InChI=1S/C11H11N3O3S/c1-2-9-13-14-11(18-9)12-10(17)7-4-3-6(15)5-8(7)16/h3-5,15-16H,2H2,1H3,(H,12,14,17). The first kappa shape index (κ1) is 12.3. The predicted octanol–water partition coefficient (Wildman–Crippen LogP) is 1.76. The van der Waals surface area contributed by atoms with Gasteiger partial charge in [-0.25, -0.2) is 0 Å². The summed E-state index contributed by atoms with van der Waals surface area (Å²) in [7, 11) is 0. The molecular weight excluding hydrogens is 254 g/mol. The smallest absolute Gasteiger partial charge is 0.261 e. The van der Waals surface area contributed by atoms with Crippen LogP contribution in [-0.4, -0.2) is 26.3 Å². The zero-order valence-corrected chi connectivity index (χ0v) is 10.4. The van der Waals surface area contributed by atoms with E-state index in [-0.39, 0.29) is 17.1 Å².